The molecule has 2 aromatic rings. The van der Waals surface area contributed by atoms with Crippen LogP contribution in [0.1, 0.15) is 23.2 Å². The van der Waals surface area contributed by atoms with Crippen LogP contribution >= 0.6 is 27.5 Å². The molecule has 8 nitrogen and oxygen atoms in total. The molecule has 0 atom stereocenters. The summed E-state index contributed by atoms with van der Waals surface area (Å²) in [6, 6.07) is 13.2. The number of halogens is 2. The standard InChI is InChI=1S/C19H17BrClN3O5/c20-12-5-7-13(8-6-12)22-17(26)11-29-18(27)10-9-16(25)23-24-19(28)14-3-1-2-4-15(14)21/h1-8H,9-11H2,(H,22,26)(H,23,25)(H,24,28). The number of amides is 3. The molecule has 3 N–H and O–H groups in total. The average Bonchev–Trinajstić information content (AvgIpc) is 2.71. The molecule has 0 aliphatic carbocycles. The Balaban J connectivity index is 1.64. The van der Waals surface area contributed by atoms with E-state index in [0.29, 0.717) is 5.69 Å². The maximum absolute atomic E-state index is 11.9. The van der Waals surface area contributed by atoms with E-state index in [1.807, 2.05) is 0 Å². The molecule has 10 heteroatoms. The minimum absolute atomic E-state index is 0.200. The van der Waals surface area contributed by atoms with Gasteiger partial charge >= 0.3 is 5.97 Å². The van der Waals surface area contributed by atoms with Crippen LogP contribution < -0.4 is 16.2 Å². The molecule has 2 aromatic carbocycles. The van der Waals surface area contributed by atoms with E-state index in [2.05, 4.69) is 32.1 Å². The highest BCUT2D eigenvalue weighted by atomic mass is 79.9. The van der Waals surface area contributed by atoms with Gasteiger partial charge in [0, 0.05) is 16.6 Å². The third kappa shape index (κ3) is 7.92. The summed E-state index contributed by atoms with van der Waals surface area (Å²) >= 11 is 9.17. The van der Waals surface area contributed by atoms with Gasteiger partial charge in [-0.05, 0) is 36.4 Å². The smallest absolute Gasteiger partial charge is 0.306 e. The highest BCUT2D eigenvalue weighted by Gasteiger charge is 2.13. The lowest BCUT2D eigenvalue weighted by atomic mass is 10.2. The maximum Gasteiger partial charge on any atom is 0.306 e. The lowest BCUT2D eigenvalue weighted by Crippen LogP contribution is -2.41. The van der Waals surface area contributed by atoms with Crippen molar-refractivity contribution in [3.8, 4) is 0 Å². The van der Waals surface area contributed by atoms with Crippen LogP contribution in [-0.4, -0.2) is 30.3 Å². The summed E-state index contributed by atoms with van der Waals surface area (Å²) < 4.78 is 5.68. The van der Waals surface area contributed by atoms with Crippen molar-refractivity contribution < 1.29 is 23.9 Å². The first-order valence-electron chi connectivity index (χ1n) is 8.40. The van der Waals surface area contributed by atoms with Crippen LogP contribution in [0.5, 0.6) is 0 Å². The fourth-order valence-corrected chi connectivity index (χ4v) is 2.55. The number of nitrogens with one attached hydrogen (secondary N) is 3. The Morgan fingerprint density at radius 1 is 0.897 bits per heavy atom. The second-order valence-electron chi connectivity index (χ2n) is 5.70. The highest BCUT2D eigenvalue weighted by Crippen LogP contribution is 2.14. The molecule has 0 aromatic heterocycles. The molecule has 0 heterocycles. The van der Waals surface area contributed by atoms with Gasteiger partial charge in [0.2, 0.25) is 5.91 Å². The zero-order valence-corrected chi connectivity index (χ0v) is 17.4. The fraction of sp³-hybridized carbons (Fsp3) is 0.158. The number of rotatable bonds is 7. The molecule has 0 unspecified atom stereocenters. The molecule has 0 bridgehead atoms. The van der Waals surface area contributed by atoms with Crippen molar-refractivity contribution in [1.29, 1.82) is 0 Å². The molecule has 0 spiro atoms. The first-order valence-corrected chi connectivity index (χ1v) is 9.57. The Kier molecular flexibility index (Phi) is 8.63. The number of carbonyl (C=O) groups excluding carboxylic acids is 4. The number of carbonyl (C=O) groups is 4. The van der Waals surface area contributed by atoms with Crippen molar-refractivity contribution >= 4 is 56.9 Å². The molecular weight excluding hydrogens is 466 g/mol. The van der Waals surface area contributed by atoms with E-state index in [1.165, 1.54) is 6.07 Å². The maximum atomic E-state index is 11.9. The third-order valence-electron chi connectivity index (χ3n) is 3.48. The SMILES string of the molecule is O=C(CCC(=O)OCC(=O)Nc1ccc(Br)cc1)NNC(=O)c1ccccc1Cl. The van der Waals surface area contributed by atoms with Crippen molar-refractivity contribution in [3.63, 3.8) is 0 Å². The Morgan fingerprint density at radius 3 is 2.28 bits per heavy atom. The Hall–Kier alpha value is -2.91. The number of benzene rings is 2. The zero-order chi connectivity index (χ0) is 21.2. The molecular formula is C19H17BrClN3O5. The van der Waals surface area contributed by atoms with Crippen LogP contribution in [0.15, 0.2) is 53.0 Å². The molecule has 152 valence electrons. The van der Waals surface area contributed by atoms with Crippen molar-refractivity contribution in [1.82, 2.24) is 10.9 Å². The van der Waals surface area contributed by atoms with Gasteiger partial charge in [0.1, 0.15) is 0 Å². The van der Waals surface area contributed by atoms with Crippen LogP contribution in [0, 0.1) is 0 Å². The second-order valence-corrected chi connectivity index (χ2v) is 7.02. The zero-order valence-electron chi connectivity index (χ0n) is 15.0. The summed E-state index contributed by atoms with van der Waals surface area (Å²) in [7, 11) is 0. The molecule has 0 aliphatic heterocycles. The number of hydrogen-bond donors (Lipinski definition) is 3. The number of hydrogen-bond acceptors (Lipinski definition) is 5. The van der Waals surface area contributed by atoms with Gasteiger partial charge in [0.25, 0.3) is 11.8 Å². The summed E-state index contributed by atoms with van der Waals surface area (Å²) in [6.07, 6.45) is -0.477. The lowest BCUT2D eigenvalue weighted by Gasteiger charge is -2.09. The van der Waals surface area contributed by atoms with E-state index in [1.54, 1.807) is 42.5 Å². The molecule has 0 fully saturated rings. The summed E-state index contributed by atoms with van der Waals surface area (Å²) in [5.74, 6) is -2.40. The van der Waals surface area contributed by atoms with E-state index >= 15 is 0 Å². The van der Waals surface area contributed by atoms with Gasteiger partial charge in [-0.1, -0.05) is 39.7 Å². The van der Waals surface area contributed by atoms with Crippen molar-refractivity contribution in [2.75, 3.05) is 11.9 Å². The van der Waals surface area contributed by atoms with Gasteiger partial charge in [-0.15, -0.1) is 0 Å². The van der Waals surface area contributed by atoms with Crippen LogP contribution in [0.2, 0.25) is 5.02 Å². The minimum atomic E-state index is -0.719. The van der Waals surface area contributed by atoms with Gasteiger partial charge < -0.3 is 10.1 Å². The van der Waals surface area contributed by atoms with E-state index in [-0.39, 0.29) is 23.4 Å². The van der Waals surface area contributed by atoms with Crippen LogP contribution in [0.25, 0.3) is 0 Å². The van der Waals surface area contributed by atoms with Crippen LogP contribution in [-0.2, 0) is 19.1 Å². The normalized spacial score (nSPS) is 10.0. The van der Waals surface area contributed by atoms with Gasteiger partial charge in [-0.2, -0.15) is 0 Å². The van der Waals surface area contributed by atoms with Gasteiger partial charge in [0.05, 0.1) is 17.0 Å². The summed E-state index contributed by atoms with van der Waals surface area (Å²) in [6.45, 7) is -0.472. The number of hydrazine groups is 1. The summed E-state index contributed by atoms with van der Waals surface area (Å²) in [5.41, 5.74) is 5.14. The molecule has 3 amide bonds. The number of ether oxygens (including phenoxy) is 1. The van der Waals surface area contributed by atoms with Crippen molar-refractivity contribution in [2.45, 2.75) is 12.8 Å². The third-order valence-corrected chi connectivity index (χ3v) is 4.34. The second kappa shape index (κ2) is 11.2. The molecule has 0 saturated carbocycles. The Labute approximate surface area is 180 Å². The fourth-order valence-electron chi connectivity index (χ4n) is 2.07. The average molecular weight is 483 g/mol. The molecule has 2 rings (SSSR count). The Bertz CT molecular complexity index is 905. The largest absolute Gasteiger partial charge is 0.456 e. The quantitative estimate of drug-likeness (QED) is 0.415. The first-order chi connectivity index (χ1) is 13.8. The monoisotopic (exact) mass is 481 g/mol. The Morgan fingerprint density at radius 2 is 1.59 bits per heavy atom. The van der Waals surface area contributed by atoms with E-state index < -0.39 is 30.3 Å². The van der Waals surface area contributed by atoms with E-state index in [0.717, 1.165) is 4.47 Å². The van der Waals surface area contributed by atoms with Crippen molar-refractivity contribution in [2.24, 2.45) is 0 Å². The van der Waals surface area contributed by atoms with Gasteiger partial charge in [-0.3, -0.25) is 30.0 Å². The van der Waals surface area contributed by atoms with Crippen LogP contribution in [0.4, 0.5) is 5.69 Å². The number of esters is 1. The minimum Gasteiger partial charge on any atom is -0.456 e. The van der Waals surface area contributed by atoms with Gasteiger partial charge in [-0.25, -0.2) is 0 Å². The molecule has 29 heavy (non-hydrogen) atoms. The van der Waals surface area contributed by atoms with Gasteiger partial charge in [0.15, 0.2) is 6.61 Å². The predicted molar refractivity (Wildman–Crippen MR) is 110 cm³/mol. The lowest BCUT2D eigenvalue weighted by molar-refractivity contribution is -0.148. The topological polar surface area (TPSA) is 114 Å². The molecule has 0 radical (unpaired) electrons. The van der Waals surface area contributed by atoms with Crippen molar-refractivity contribution in [3.05, 3.63) is 63.6 Å². The number of anilines is 1. The van der Waals surface area contributed by atoms with E-state index in [4.69, 9.17) is 16.3 Å². The van der Waals surface area contributed by atoms with Crippen LogP contribution in [0.3, 0.4) is 0 Å². The highest BCUT2D eigenvalue weighted by molar-refractivity contribution is 9.10. The summed E-state index contributed by atoms with van der Waals surface area (Å²) in [4.78, 5) is 47.0. The first kappa shape index (κ1) is 22.4. The van der Waals surface area contributed by atoms with E-state index in [9.17, 15) is 19.2 Å². The molecule has 0 saturated heterocycles. The summed E-state index contributed by atoms with van der Waals surface area (Å²) in [5, 5.41) is 2.81. The molecule has 0 aliphatic rings. The predicted octanol–water partition coefficient (Wildman–Crippen LogP) is 2.83.